The molecule has 1 saturated carbocycles. The van der Waals surface area contributed by atoms with Crippen LogP contribution in [0.4, 0.5) is 4.39 Å². The molecule has 1 aliphatic carbocycles. The zero-order chi connectivity index (χ0) is 13.4. The van der Waals surface area contributed by atoms with Crippen molar-refractivity contribution in [2.75, 3.05) is 13.1 Å². The van der Waals surface area contributed by atoms with E-state index in [9.17, 15) is 9.18 Å². The third kappa shape index (κ3) is 2.50. The average molecular weight is 263 g/mol. The number of carbonyl (C=O) groups is 1. The van der Waals surface area contributed by atoms with Crippen molar-refractivity contribution in [1.29, 1.82) is 0 Å². The lowest BCUT2D eigenvalue weighted by Gasteiger charge is -2.17. The smallest absolute Gasteiger partial charge is 0.338 e. The number of hydrogen-bond donors (Lipinski definition) is 1. The molecule has 1 saturated heterocycles. The molecule has 0 spiro atoms. The van der Waals surface area contributed by atoms with Gasteiger partial charge in [-0.1, -0.05) is 12.5 Å². The minimum Gasteiger partial charge on any atom is -0.478 e. The third-order valence-electron chi connectivity index (χ3n) is 4.47. The average Bonchev–Trinajstić information content (AvgIpc) is 2.91. The number of likely N-dealkylation sites (tertiary alicyclic amines) is 1. The molecular weight excluding hydrogens is 245 g/mol. The van der Waals surface area contributed by atoms with E-state index in [1.165, 1.54) is 31.4 Å². The van der Waals surface area contributed by atoms with Crippen molar-refractivity contribution in [3.63, 3.8) is 0 Å². The highest BCUT2D eigenvalue weighted by Crippen LogP contribution is 2.38. The van der Waals surface area contributed by atoms with Crippen molar-refractivity contribution in [3.8, 4) is 0 Å². The number of carboxylic acids is 1. The molecular formula is C15H18FNO2. The maximum atomic E-state index is 13.3. The third-order valence-corrected chi connectivity index (χ3v) is 4.47. The lowest BCUT2D eigenvalue weighted by atomic mass is 10.0. The molecule has 3 nitrogen and oxygen atoms in total. The second-order valence-corrected chi connectivity index (χ2v) is 5.76. The van der Waals surface area contributed by atoms with Gasteiger partial charge >= 0.3 is 5.97 Å². The summed E-state index contributed by atoms with van der Waals surface area (Å²) >= 11 is 0. The van der Waals surface area contributed by atoms with Crippen LogP contribution in [-0.2, 0) is 6.54 Å². The van der Waals surface area contributed by atoms with Crippen molar-refractivity contribution in [2.24, 2.45) is 11.8 Å². The lowest BCUT2D eigenvalue weighted by molar-refractivity contribution is 0.0691. The van der Waals surface area contributed by atoms with Gasteiger partial charge < -0.3 is 5.11 Å². The summed E-state index contributed by atoms with van der Waals surface area (Å²) in [5, 5.41) is 8.93. The van der Waals surface area contributed by atoms with E-state index in [4.69, 9.17) is 5.11 Å². The summed E-state index contributed by atoms with van der Waals surface area (Å²) in [5.74, 6) is -0.217. The van der Waals surface area contributed by atoms with E-state index in [0.717, 1.165) is 37.0 Å². The molecule has 2 aliphatic rings. The maximum Gasteiger partial charge on any atom is 0.338 e. The fourth-order valence-electron chi connectivity index (χ4n) is 3.55. The monoisotopic (exact) mass is 263 g/mol. The van der Waals surface area contributed by atoms with Crippen LogP contribution < -0.4 is 0 Å². The molecule has 4 heteroatoms. The highest BCUT2D eigenvalue weighted by molar-refractivity contribution is 5.88. The number of carboxylic acid groups (broad SMARTS) is 1. The van der Waals surface area contributed by atoms with Gasteiger partial charge in [0.05, 0.1) is 5.56 Å². The summed E-state index contributed by atoms with van der Waals surface area (Å²) in [6.45, 7) is 2.93. The fourth-order valence-corrected chi connectivity index (χ4v) is 3.55. The number of halogens is 1. The van der Waals surface area contributed by atoms with Crippen LogP contribution in [0.2, 0.25) is 0 Å². The summed E-state index contributed by atoms with van der Waals surface area (Å²) < 4.78 is 13.3. The summed E-state index contributed by atoms with van der Waals surface area (Å²) in [6.07, 6.45) is 4.00. The van der Waals surface area contributed by atoms with Crippen LogP contribution in [0.1, 0.15) is 35.2 Å². The second kappa shape index (κ2) is 4.93. The van der Waals surface area contributed by atoms with Gasteiger partial charge in [0.1, 0.15) is 5.82 Å². The van der Waals surface area contributed by atoms with Crippen LogP contribution in [0.15, 0.2) is 18.2 Å². The van der Waals surface area contributed by atoms with Gasteiger partial charge in [-0.3, -0.25) is 4.90 Å². The van der Waals surface area contributed by atoms with Gasteiger partial charge in [-0.2, -0.15) is 0 Å². The second-order valence-electron chi connectivity index (χ2n) is 5.76. The Morgan fingerprint density at radius 2 is 2.00 bits per heavy atom. The van der Waals surface area contributed by atoms with E-state index in [1.807, 2.05) is 0 Å². The molecule has 1 aliphatic heterocycles. The molecule has 2 unspecified atom stereocenters. The SMILES string of the molecule is O=C(O)c1cc(CN2CC3CCCC3C2)ccc1F. The number of fused-ring (bicyclic) bond motifs is 1. The Hall–Kier alpha value is -1.42. The Kier molecular flexibility index (Phi) is 3.27. The van der Waals surface area contributed by atoms with E-state index in [2.05, 4.69) is 4.90 Å². The van der Waals surface area contributed by atoms with E-state index >= 15 is 0 Å². The number of hydrogen-bond acceptors (Lipinski definition) is 2. The highest BCUT2D eigenvalue weighted by atomic mass is 19.1. The van der Waals surface area contributed by atoms with E-state index in [0.29, 0.717) is 0 Å². The molecule has 1 aromatic rings. The molecule has 0 bridgehead atoms. The Labute approximate surface area is 112 Å². The Bertz CT molecular complexity index is 491. The predicted molar refractivity (Wildman–Crippen MR) is 69.5 cm³/mol. The first-order valence-electron chi connectivity index (χ1n) is 6.87. The molecule has 0 radical (unpaired) electrons. The Morgan fingerprint density at radius 3 is 2.63 bits per heavy atom. The van der Waals surface area contributed by atoms with E-state index < -0.39 is 11.8 Å². The minimum absolute atomic E-state index is 0.225. The molecule has 1 N–H and O–H groups in total. The number of aromatic carboxylic acids is 1. The van der Waals surface area contributed by atoms with Crippen molar-refractivity contribution >= 4 is 5.97 Å². The first-order valence-corrected chi connectivity index (χ1v) is 6.87. The topological polar surface area (TPSA) is 40.5 Å². The minimum atomic E-state index is -1.20. The van der Waals surface area contributed by atoms with Crippen LogP contribution in [0.25, 0.3) is 0 Å². The van der Waals surface area contributed by atoms with Crippen LogP contribution in [-0.4, -0.2) is 29.1 Å². The standard InChI is InChI=1S/C15H18FNO2/c16-14-5-4-10(6-13(14)15(18)19)7-17-8-11-2-1-3-12(11)9-17/h4-6,11-12H,1-3,7-9H2,(H,18,19). The van der Waals surface area contributed by atoms with Crippen molar-refractivity contribution in [3.05, 3.63) is 35.1 Å². The molecule has 1 aromatic carbocycles. The predicted octanol–water partition coefficient (Wildman–Crippen LogP) is 2.76. The van der Waals surface area contributed by atoms with Gasteiger partial charge in [0, 0.05) is 19.6 Å². The van der Waals surface area contributed by atoms with Gasteiger partial charge in [0.15, 0.2) is 0 Å². The molecule has 2 fully saturated rings. The molecule has 102 valence electrons. The van der Waals surface area contributed by atoms with Gasteiger partial charge in [-0.05, 0) is 42.4 Å². The lowest BCUT2D eigenvalue weighted by Crippen LogP contribution is -2.21. The van der Waals surface area contributed by atoms with Crippen molar-refractivity contribution in [1.82, 2.24) is 4.90 Å². The normalized spacial score (nSPS) is 26.6. The first kappa shape index (κ1) is 12.6. The summed E-state index contributed by atoms with van der Waals surface area (Å²) in [4.78, 5) is 13.3. The molecule has 0 amide bonds. The van der Waals surface area contributed by atoms with E-state index in [1.54, 1.807) is 6.07 Å². The van der Waals surface area contributed by atoms with Gasteiger partial charge in [0.25, 0.3) is 0 Å². The highest BCUT2D eigenvalue weighted by Gasteiger charge is 2.35. The summed E-state index contributed by atoms with van der Waals surface area (Å²) in [7, 11) is 0. The molecule has 3 rings (SSSR count). The molecule has 0 aromatic heterocycles. The molecule has 19 heavy (non-hydrogen) atoms. The fraction of sp³-hybridized carbons (Fsp3) is 0.533. The summed E-state index contributed by atoms with van der Waals surface area (Å²) in [6, 6.07) is 4.41. The summed E-state index contributed by atoms with van der Waals surface area (Å²) in [5.41, 5.74) is 0.663. The number of nitrogens with zero attached hydrogens (tertiary/aromatic N) is 1. The van der Waals surface area contributed by atoms with Crippen LogP contribution >= 0.6 is 0 Å². The first-order chi connectivity index (χ1) is 9.13. The van der Waals surface area contributed by atoms with Gasteiger partial charge in [-0.15, -0.1) is 0 Å². The molecule has 1 heterocycles. The molecule has 2 atom stereocenters. The number of benzene rings is 1. The van der Waals surface area contributed by atoms with Crippen LogP contribution in [0.3, 0.4) is 0 Å². The van der Waals surface area contributed by atoms with Gasteiger partial charge in [-0.25, -0.2) is 9.18 Å². The van der Waals surface area contributed by atoms with Crippen molar-refractivity contribution in [2.45, 2.75) is 25.8 Å². The maximum absolute atomic E-state index is 13.3. The quantitative estimate of drug-likeness (QED) is 0.911. The Balaban J connectivity index is 1.70. The Morgan fingerprint density at radius 1 is 1.32 bits per heavy atom. The van der Waals surface area contributed by atoms with Crippen LogP contribution in [0, 0.1) is 17.7 Å². The zero-order valence-electron chi connectivity index (χ0n) is 10.8. The van der Waals surface area contributed by atoms with Crippen LogP contribution in [0.5, 0.6) is 0 Å². The zero-order valence-corrected chi connectivity index (χ0v) is 10.8. The van der Waals surface area contributed by atoms with Crippen molar-refractivity contribution < 1.29 is 14.3 Å². The van der Waals surface area contributed by atoms with Gasteiger partial charge in [0.2, 0.25) is 0 Å². The largest absolute Gasteiger partial charge is 0.478 e. The van der Waals surface area contributed by atoms with E-state index in [-0.39, 0.29) is 5.56 Å². The number of rotatable bonds is 3.